The molecule has 0 rings (SSSR count). The zero-order chi connectivity index (χ0) is 21.3. The van der Waals surface area contributed by atoms with Gasteiger partial charge in [-0.05, 0) is 53.9 Å². The molecule has 0 aromatic heterocycles. The topological polar surface area (TPSA) is 78.0 Å². The minimum Gasteiger partial charge on any atom is -0.444 e. The SMILES string of the molecule is CN=C(NCCNC(C)(C)C)N(C)CCC(NC(=O)OC(C)(C)C)C(C)C.I. The molecule has 1 unspecified atom stereocenters. The molecule has 0 aliphatic carbocycles. The minimum absolute atomic E-state index is 0. The molecule has 0 saturated carbocycles. The van der Waals surface area contributed by atoms with Gasteiger partial charge in [0.05, 0.1) is 0 Å². The maximum absolute atomic E-state index is 12.1. The van der Waals surface area contributed by atoms with Gasteiger partial charge < -0.3 is 25.6 Å². The molecule has 0 radical (unpaired) electrons. The van der Waals surface area contributed by atoms with Crippen molar-refractivity contribution in [1.29, 1.82) is 0 Å². The standard InChI is InChI=1S/C20H43N5O2.HI/c1-15(2)16(24-18(26)27-20(6,7)8)11-14-25(10)17(21-9)22-12-13-23-19(3,4)5;/h15-16,23H,11-14H2,1-10H3,(H,21,22)(H,24,26);1H. The molecule has 168 valence electrons. The highest BCUT2D eigenvalue weighted by atomic mass is 127. The Hall–Kier alpha value is -0.770. The molecule has 0 fully saturated rings. The minimum atomic E-state index is -0.491. The number of ether oxygens (including phenoxy) is 1. The predicted molar refractivity (Wildman–Crippen MR) is 130 cm³/mol. The van der Waals surface area contributed by atoms with Crippen LogP contribution in [0.15, 0.2) is 4.99 Å². The Morgan fingerprint density at radius 2 is 1.68 bits per heavy atom. The zero-order valence-electron chi connectivity index (χ0n) is 19.6. The fourth-order valence-corrected chi connectivity index (χ4v) is 2.47. The smallest absolute Gasteiger partial charge is 0.407 e. The van der Waals surface area contributed by atoms with Crippen LogP contribution < -0.4 is 16.0 Å². The number of alkyl carbamates (subject to hydrolysis) is 1. The Kier molecular flexibility index (Phi) is 14.1. The third-order valence-corrected chi connectivity index (χ3v) is 3.92. The lowest BCUT2D eigenvalue weighted by molar-refractivity contribution is 0.0486. The molecule has 0 aliphatic heterocycles. The van der Waals surface area contributed by atoms with Gasteiger partial charge in [0.25, 0.3) is 0 Å². The molecular weight excluding hydrogens is 469 g/mol. The van der Waals surface area contributed by atoms with E-state index in [-0.39, 0.29) is 41.7 Å². The van der Waals surface area contributed by atoms with E-state index in [1.165, 1.54) is 0 Å². The summed E-state index contributed by atoms with van der Waals surface area (Å²) in [6.45, 7) is 18.7. The molecule has 1 atom stereocenters. The van der Waals surface area contributed by atoms with Gasteiger partial charge in [0, 0.05) is 45.3 Å². The summed E-state index contributed by atoms with van der Waals surface area (Å²) in [5.74, 6) is 1.17. The number of nitrogens with zero attached hydrogens (tertiary/aromatic N) is 2. The van der Waals surface area contributed by atoms with Crippen LogP contribution in [0.25, 0.3) is 0 Å². The second kappa shape index (κ2) is 13.5. The third-order valence-electron chi connectivity index (χ3n) is 3.92. The molecule has 0 aromatic carbocycles. The van der Waals surface area contributed by atoms with E-state index in [2.05, 4.69) is 60.5 Å². The number of nitrogens with one attached hydrogen (secondary N) is 3. The fourth-order valence-electron chi connectivity index (χ4n) is 2.47. The van der Waals surface area contributed by atoms with Crippen LogP contribution in [-0.4, -0.2) is 67.9 Å². The first-order valence-electron chi connectivity index (χ1n) is 9.91. The van der Waals surface area contributed by atoms with Crippen molar-refractivity contribution in [2.24, 2.45) is 10.9 Å². The second-order valence-electron chi connectivity index (χ2n) is 9.36. The predicted octanol–water partition coefficient (Wildman–Crippen LogP) is 3.44. The van der Waals surface area contributed by atoms with E-state index in [9.17, 15) is 4.79 Å². The van der Waals surface area contributed by atoms with Crippen LogP contribution >= 0.6 is 24.0 Å². The summed E-state index contributed by atoms with van der Waals surface area (Å²) in [6.07, 6.45) is 0.452. The van der Waals surface area contributed by atoms with Crippen molar-refractivity contribution >= 4 is 36.0 Å². The Bertz CT molecular complexity index is 470. The highest BCUT2D eigenvalue weighted by Gasteiger charge is 2.22. The molecule has 0 aromatic rings. The van der Waals surface area contributed by atoms with Gasteiger partial charge in [-0.2, -0.15) is 0 Å². The van der Waals surface area contributed by atoms with E-state index in [0.717, 1.165) is 32.0 Å². The van der Waals surface area contributed by atoms with Crippen molar-refractivity contribution < 1.29 is 9.53 Å². The summed E-state index contributed by atoms with van der Waals surface area (Å²) in [7, 11) is 3.80. The highest BCUT2D eigenvalue weighted by Crippen LogP contribution is 2.11. The van der Waals surface area contributed by atoms with Crippen molar-refractivity contribution in [2.45, 2.75) is 79.0 Å². The lowest BCUT2D eigenvalue weighted by Gasteiger charge is -2.29. The summed E-state index contributed by atoms with van der Waals surface area (Å²) in [6, 6.07) is 0.0444. The normalized spacial score (nSPS) is 13.6. The lowest BCUT2D eigenvalue weighted by atomic mass is 10.0. The van der Waals surface area contributed by atoms with Crippen LogP contribution in [-0.2, 0) is 4.74 Å². The maximum Gasteiger partial charge on any atom is 0.407 e. The van der Waals surface area contributed by atoms with E-state index < -0.39 is 5.60 Å². The van der Waals surface area contributed by atoms with Gasteiger partial charge in [0.15, 0.2) is 5.96 Å². The molecule has 8 heteroatoms. The number of amides is 1. The van der Waals surface area contributed by atoms with Crippen molar-refractivity contribution in [2.75, 3.05) is 33.7 Å². The number of rotatable bonds is 8. The van der Waals surface area contributed by atoms with Gasteiger partial charge in [-0.1, -0.05) is 13.8 Å². The van der Waals surface area contributed by atoms with Gasteiger partial charge in [0.1, 0.15) is 5.60 Å². The molecular formula is C20H44IN5O2. The van der Waals surface area contributed by atoms with E-state index in [1.807, 2.05) is 27.8 Å². The first-order valence-corrected chi connectivity index (χ1v) is 9.91. The number of carbonyl (C=O) groups excluding carboxylic acids is 1. The third kappa shape index (κ3) is 15.2. The molecule has 3 N–H and O–H groups in total. The number of guanidine groups is 1. The Morgan fingerprint density at radius 1 is 1.11 bits per heavy atom. The Labute approximate surface area is 189 Å². The average molecular weight is 514 g/mol. The first-order chi connectivity index (χ1) is 12.2. The van der Waals surface area contributed by atoms with Gasteiger partial charge in [-0.3, -0.25) is 4.99 Å². The summed E-state index contributed by atoms with van der Waals surface area (Å²) in [5, 5.41) is 9.81. The summed E-state index contributed by atoms with van der Waals surface area (Å²) < 4.78 is 5.38. The van der Waals surface area contributed by atoms with Gasteiger partial charge in [-0.15, -0.1) is 24.0 Å². The van der Waals surface area contributed by atoms with E-state index in [4.69, 9.17) is 4.74 Å². The molecule has 0 spiro atoms. The fraction of sp³-hybridized carbons (Fsp3) is 0.900. The van der Waals surface area contributed by atoms with Crippen molar-refractivity contribution in [1.82, 2.24) is 20.9 Å². The number of carbonyl (C=O) groups is 1. The average Bonchev–Trinajstić information content (AvgIpc) is 2.48. The Morgan fingerprint density at radius 3 is 2.11 bits per heavy atom. The van der Waals surface area contributed by atoms with Gasteiger partial charge in [-0.25, -0.2) is 4.79 Å². The van der Waals surface area contributed by atoms with E-state index in [0.29, 0.717) is 5.92 Å². The van der Waals surface area contributed by atoms with Gasteiger partial charge >= 0.3 is 6.09 Å². The quantitative estimate of drug-likeness (QED) is 0.201. The lowest BCUT2D eigenvalue weighted by Crippen LogP contribution is -2.47. The number of halogens is 1. The van der Waals surface area contributed by atoms with Crippen LogP contribution in [0.3, 0.4) is 0 Å². The Balaban J connectivity index is 0. The number of hydrogen-bond acceptors (Lipinski definition) is 4. The molecule has 28 heavy (non-hydrogen) atoms. The molecule has 0 bridgehead atoms. The molecule has 1 amide bonds. The molecule has 7 nitrogen and oxygen atoms in total. The number of hydrogen-bond donors (Lipinski definition) is 3. The molecule has 0 heterocycles. The van der Waals surface area contributed by atoms with Crippen LogP contribution in [0.4, 0.5) is 4.79 Å². The second-order valence-corrected chi connectivity index (χ2v) is 9.36. The first kappa shape index (κ1) is 29.4. The zero-order valence-corrected chi connectivity index (χ0v) is 21.9. The van der Waals surface area contributed by atoms with E-state index in [1.54, 1.807) is 7.05 Å². The van der Waals surface area contributed by atoms with Crippen molar-refractivity contribution in [3.8, 4) is 0 Å². The summed E-state index contributed by atoms with van der Waals surface area (Å²) in [4.78, 5) is 18.5. The van der Waals surface area contributed by atoms with Crippen molar-refractivity contribution in [3.63, 3.8) is 0 Å². The maximum atomic E-state index is 12.1. The number of aliphatic imine (C=N–C) groups is 1. The van der Waals surface area contributed by atoms with Crippen LogP contribution in [0.1, 0.15) is 61.8 Å². The summed E-state index contributed by atoms with van der Waals surface area (Å²) >= 11 is 0. The molecule has 0 saturated heterocycles. The van der Waals surface area contributed by atoms with Crippen LogP contribution in [0, 0.1) is 5.92 Å². The van der Waals surface area contributed by atoms with E-state index >= 15 is 0 Å². The van der Waals surface area contributed by atoms with Crippen LogP contribution in [0.5, 0.6) is 0 Å². The van der Waals surface area contributed by atoms with Gasteiger partial charge in [0.2, 0.25) is 0 Å². The monoisotopic (exact) mass is 513 g/mol. The van der Waals surface area contributed by atoms with Crippen LogP contribution in [0.2, 0.25) is 0 Å². The van der Waals surface area contributed by atoms with Crippen molar-refractivity contribution in [3.05, 3.63) is 0 Å². The largest absolute Gasteiger partial charge is 0.444 e. The molecule has 0 aliphatic rings. The summed E-state index contributed by atoms with van der Waals surface area (Å²) in [5.41, 5.74) is -0.385. The highest BCUT2D eigenvalue weighted by molar-refractivity contribution is 14.0.